The van der Waals surface area contributed by atoms with Gasteiger partial charge in [0.25, 0.3) is 0 Å². The molecule has 0 aromatic heterocycles. The molecule has 0 saturated heterocycles. The zero-order chi connectivity index (χ0) is 11.8. The molecule has 1 atom stereocenters. The van der Waals surface area contributed by atoms with Crippen LogP contribution in [-0.2, 0) is 9.53 Å². The Hall–Kier alpha value is -0.960. The van der Waals surface area contributed by atoms with Gasteiger partial charge in [0.05, 0.1) is 6.61 Å². The summed E-state index contributed by atoms with van der Waals surface area (Å²) in [4.78, 5) is 11.8. The summed E-state index contributed by atoms with van der Waals surface area (Å²) in [5, 5.41) is -0.180. The SMILES string of the molecule is CCCSC(C(=O)OCC)c1ccccc1. The predicted octanol–water partition coefficient (Wildman–Crippen LogP) is 3.43. The third-order valence-electron chi connectivity index (χ3n) is 2.09. The molecule has 0 saturated carbocycles. The molecular weight excluding hydrogens is 220 g/mol. The Bertz CT molecular complexity index is 311. The van der Waals surface area contributed by atoms with Gasteiger partial charge in [-0.15, -0.1) is 11.8 Å². The van der Waals surface area contributed by atoms with E-state index in [1.165, 1.54) is 0 Å². The molecule has 0 fully saturated rings. The largest absolute Gasteiger partial charge is 0.465 e. The fraction of sp³-hybridized carbons (Fsp3) is 0.462. The van der Waals surface area contributed by atoms with Gasteiger partial charge in [-0.1, -0.05) is 37.3 Å². The van der Waals surface area contributed by atoms with Crippen molar-refractivity contribution in [2.24, 2.45) is 0 Å². The van der Waals surface area contributed by atoms with Gasteiger partial charge in [0.1, 0.15) is 5.25 Å². The minimum atomic E-state index is -0.180. The van der Waals surface area contributed by atoms with Crippen molar-refractivity contribution >= 4 is 17.7 Å². The minimum Gasteiger partial charge on any atom is -0.465 e. The van der Waals surface area contributed by atoms with Gasteiger partial charge in [0.15, 0.2) is 0 Å². The third kappa shape index (κ3) is 3.89. The zero-order valence-electron chi connectivity index (χ0n) is 9.81. The lowest BCUT2D eigenvalue weighted by atomic mass is 10.1. The van der Waals surface area contributed by atoms with Crippen LogP contribution in [0, 0.1) is 0 Å². The number of thioether (sulfide) groups is 1. The summed E-state index contributed by atoms with van der Waals surface area (Å²) < 4.78 is 5.10. The Morgan fingerprint density at radius 1 is 1.31 bits per heavy atom. The molecule has 0 heterocycles. The number of carbonyl (C=O) groups excluding carboxylic acids is 1. The van der Waals surface area contributed by atoms with Crippen molar-refractivity contribution in [3.8, 4) is 0 Å². The van der Waals surface area contributed by atoms with Gasteiger partial charge in [-0.05, 0) is 24.7 Å². The molecule has 1 rings (SSSR count). The fourth-order valence-corrected chi connectivity index (χ4v) is 2.41. The summed E-state index contributed by atoms with van der Waals surface area (Å²) in [5.74, 6) is 0.838. The number of ether oxygens (including phenoxy) is 1. The summed E-state index contributed by atoms with van der Waals surface area (Å²) in [6, 6.07) is 9.81. The third-order valence-corrected chi connectivity index (χ3v) is 3.53. The first kappa shape index (κ1) is 13.1. The van der Waals surface area contributed by atoms with Crippen molar-refractivity contribution in [1.82, 2.24) is 0 Å². The summed E-state index contributed by atoms with van der Waals surface area (Å²) in [6.45, 7) is 4.39. The highest BCUT2D eigenvalue weighted by molar-refractivity contribution is 8.00. The van der Waals surface area contributed by atoms with Crippen molar-refractivity contribution in [1.29, 1.82) is 0 Å². The van der Waals surface area contributed by atoms with Gasteiger partial charge >= 0.3 is 5.97 Å². The van der Waals surface area contributed by atoms with E-state index in [2.05, 4.69) is 6.92 Å². The Morgan fingerprint density at radius 2 is 2.00 bits per heavy atom. The highest BCUT2D eigenvalue weighted by atomic mass is 32.2. The van der Waals surface area contributed by atoms with Gasteiger partial charge in [0, 0.05) is 0 Å². The van der Waals surface area contributed by atoms with Crippen LogP contribution < -0.4 is 0 Å². The molecule has 0 aliphatic heterocycles. The lowest BCUT2D eigenvalue weighted by molar-refractivity contribution is -0.142. The van der Waals surface area contributed by atoms with Crippen LogP contribution in [0.3, 0.4) is 0 Å². The molecule has 1 unspecified atom stereocenters. The Balaban J connectivity index is 2.74. The van der Waals surface area contributed by atoms with Crippen LogP contribution in [0.5, 0.6) is 0 Å². The van der Waals surface area contributed by atoms with Gasteiger partial charge < -0.3 is 4.74 Å². The van der Waals surface area contributed by atoms with E-state index in [9.17, 15) is 4.79 Å². The maximum absolute atomic E-state index is 11.8. The number of carbonyl (C=O) groups is 1. The van der Waals surface area contributed by atoms with Crippen molar-refractivity contribution < 1.29 is 9.53 Å². The van der Waals surface area contributed by atoms with E-state index in [1.54, 1.807) is 11.8 Å². The second-order valence-corrected chi connectivity index (χ2v) is 4.63. The Labute approximate surface area is 101 Å². The molecule has 16 heavy (non-hydrogen) atoms. The van der Waals surface area contributed by atoms with Gasteiger partial charge in [-0.25, -0.2) is 0 Å². The maximum Gasteiger partial charge on any atom is 0.323 e. The average molecular weight is 238 g/mol. The molecule has 0 spiro atoms. The Kier molecular flexibility index (Phi) is 6.01. The van der Waals surface area contributed by atoms with E-state index in [0.717, 1.165) is 17.7 Å². The molecule has 0 aliphatic carbocycles. The van der Waals surface area contributed by atoms with Crippen LogP contribution in [0.15, 0.2) is 30.3 Å². The van der Waals surface area contributed by atoms with Crippen LogP contribution in [0.2, 0.25) is 0 Å². The average Bonchev–Trinajstić information content (AvgIpc) is 2.31. The second kappa shape index (κ2) is 7.34. The van der Waals surface area contributed by atoms with Crippen molar-refractivity contribution in [2.45, 2.75) is 25.5 Å². The first-order valence-corrected chi connectivity index (χ1v) is 6.67. The lowest BCUT2D eigenvalue weighted by Gasteiger charge is -2.15. The summed E-state index contributed by atoms with van der Waals surface area (Å²) in [6.07, 6.45) is 1.06. The van der Waals surface area contributed by atoms with Gasteiger partial charge in [-0.2, -0.15) is 0 Å². The summed E-state index contributed by atoms with van der Waals surface area (Å²) in [5.41, 5.74) is 1.03. The number of hydrogen-bond donors (Lipinski definition) is 0. The topological polar surface area (TPSA) is 26.3 Å². The van der Waals surface area contributed by atoms with E-state index >= 15 is 0 Å². The summed E-state index contributed by atoms with van der Waals surface area (Å²) >= 11 is 1.65. The van der Waals surface area contributed by atoms with Crippen LogP contribution in [0.1, 0.15) is 31.1 Å². The molecule has 1 aromatic rings. The fourth-order valence-electron chi connectivity index (χ4n) is 1.38. The van der Waals surface area contributed by atoms with E-state index < -0.39 is 0 Å². The summed E-state index contributed by atoms with van der Waals surface area (Å²) in [7, 11) is 0. The molecule has 2 nitrogen and oxygen atoms in total. The zero-order valence-corrected chi connectivity index (χ0v) is 10.6. The monoisotopic (exact) mass is 238 g/mol. The van der Waals surface area contributed by atoms with Crippen LogP contribution >= 0.6 is 11.8 Å². The van der Waals surface area contributed by atoms with E-state index in [-0.39, 0.29) is 11.2 Å². The number of rotatable bonds is 6. The van der Waals surface area contributed by atoms with Crippen molar-refractivity contribution in [2.75, 3.05) is 12.4 Å². The molecule has 0 bridgehead atoms. The Morgan fingerprint density at radius 3 is 2.56 bits per heavy atom. The first-order valence-electron chi connectivity index (χ1n) is 5.62. The van der Waals surface area contributed by atoms with Crippen LogP contribution in [0.25, 0.3) is 0 Å². The molecule has 0 amide bonds. The number of hydrogen-bond acceptors (Lipinski definition) is 3. The maximum atomic E-state index is 11.8. The van der Waals surface area contributed by atoms with Gasteiger partial charge in [0.2, 0.25) is 0 Å². The second-order valence-electron chi connectivity index (χ2n) is 3.41. The van der Waals surface area contributed by atoms with E-state index in [1.807, 2.05) is 37.3 Å². The smallest absolute Gasteiger partial charge is 0.323 e. The molecule has 0 aliphatic rings. The quantitative estimate of drug-likeness (QED) is 0.710. The molecule has 0 radical (unpaired) electrons. The molecule has 1 aromatic carbocycles. The normalized spacial score (nSPS) is 12.1. The predicted molar refractivity (Wildman–Crippen MR) is 68.6 cm³/mol. The first-order chi connectivity index (χ1) is 7.79. The van der Waals surface area contributed by atoms with Crippen molar-refractivity contribution in [3.05, 3.63) is 35.9 Å². The number of esters is 1. The highest BCUT2D eigenvalue weighted by Crippen LogP contribution is 2.30. The van der Waals surface area contributed by atoms with E-state index in [4.69, 9.17) is 4.74 Å². The van der Waals surface area contributed by atoms with E-state index in [0.29, 0.717) is 6.61 Å². The highest BCUT2D eigenvalue weighted by Gasteiger charge is 2.21. The standard InChI is InChI=1S/C13H18O2S/c1-3-10-16-12(13(14)15-4-2)11-8-6-5-7-9-11/h5-9,12H,3-4,10H2,1-2H3. The molecule has 0 N–H and O–H groups in total. The van der Waals surface area contributed by atoms with Crippen LogP contribution in [-0.4, -0.2) is 18.3 Å². The molecule has 3 heteroatoms. The molecular formula is C13H18O2S. The number of benzene rings is 1. The minimum absolute atomic E-state index is 0.132. The molecule has 88 valence electrons. The lowest BCUT2D eigenvalue weighted by Crippen LogP contribution is -2.13. The van der Waals surface area contributed by atoms with Gasteiger partial charge in [-0.3, -0.25) is 4.79 Å². The van der Waals surface area contributed by atoms with Crippen molar-refractivity contribution in [3.63, 3.8) is 0 Å². The van der Waals surface area contributed by atoms with Crippen LogP contribution in [0.4, 0.5) is 0 Å².